The molecule has 1 heterocycles. The van der Waals surface area contributed by atoms with E-state index in [0.717, 1.165) is 18.7 Å². The molecule has 1 aromatic carbocycles. The monoisotopic (exact) mass is 265 g/mol. The number of rotatable bonds is 5. The summed E-state index contributed by atoms with van der Waals surface area (Å²) in [4.78, 5) is 24.2. The number of para-hydroxylation sites is 1. The molecule has 4 nitrogen and oxygen atoms in total. The number of carboxylic acid groups (broad SMARTS) is 1. The fourth-order valence-electron chi connectivity index (χ4n) is 1.99. The Morgan fingerprint density at radius 2 is 2.11 bits per heavy atom. The number of amides is 1. The van der Waals surface area contributed by atoms with Gasteiger partial charge in [0.2, 0.25) is 5.91 Å². The first kappa shape index (κ1) is 13.0. The zero-order chi connectivity index (χ0) is 13.0. The number of thioether (sulfide) groups is 1. The number of carbonyl (C=O) groups excluding carboxylic acids is 1. The Morgan fingerprint density at radius 1 is 1.33 bits per heavy atom. The molecule has 0 atom stereocenters. The van der Waals surface area contributed by atoms with Crippen LogP contribution >= 0.6 is 11.8 Å². The number of aliphatic carboxylic acids is 1. The fraction of sp³-hybridized carbons (Fsp3) is 0.385. The highest BCUT2D eigenvalue weighted by Crippen LogP contribution is 2.27. The summed E-state index contributed by atoms with van der Waals surface area (Å²) in [6, 6.07) is 7.92. The lowest BCUT2D eigenvalue weighted by molar-refractivity contribution is -0.136. The van der Waals surface area contributed by atoms with Gasteiger partial charge in [0.05, 0.1) is 12.2 Å². The van der Waals surface area contributed by atoms with Crippen LogP contribution in [0, 0.1) is 0 Å². The van der Waals surface area contributed by atoms with Crippen molar-refractivity contribution in [2.24, 2.45) is 0 Å². The summed E-state index contributed by atoms with van der Waals surface area (Å²) in [6.45, 7) is 0.734. The lowest BCUT2D eigenvalue weighted by Crippen LogP contribution is -2.30. The molecule has 0 spiro atoms. The molecule has 0 saturated carbocycles. The maximum absolute atomic E-state index is 12.0. The van der Waals surface area contributed by atoms with E-state index in [0.29, 0.717) is 11.5 Å². The average Bonchev–Trinajstić information content (AvgIpc) is 2.78. The Kier molecular flexibility index (Phi) is 4.25. The van der Waals surface area contributed by atoms with Crippen LogP contribution in [0.25, 0.3) is 0 Å². The third kappa shape index (κ3) is 3.04. The number of carboxylic acids is 1. The van der Waals surface area contributed by atoms with Crippen LogP contribution in [0.4, 0.5) is 5.69 Å². The molecule has 1 N–H and O–H groups in total. The minimum absolute atomic E-state index is 0.0651. The first-order valence-electron chi connectivity index (χ1n) is 5.86. The van der Waals surface area contributed by atoms with Gasteiger partial charge in [0.25, 0.3) is 0 Å². The second kappa shape index (κ2) is 5.91. The molecular weight excluding hydrogens is 250 g/mol. The van der Waals surface area contributed by atoms with Gasteiger partial charge in [-0.05, 0) is 18.1 Å². The van der Waals surface area contributed by atoms with Crippen molar-refractivity contribution < 1.29 is 14.7 Å². The van der Waals surface area contributed by atoms with Gasteiger partial charge in [-0.2, -0.15) is 11.8 Å². The number of anilines is 1. The van der Waals surface area contributed by atoms with Gasteiger partial charge in [0.1, 0.15) is 0 Å². The fourth-order valence-corrected chi connectivity index (χ4v) is 2.79. The predicted molar refractivity (Wildman–Crippen MR) is 72.1 cm³/mol. The highest BCUT2D eigenvalue weighted by Gasteiger charge is 2.23. The SMILES string of the molecule is O=C(O)CCSCC(=O)N1CCc2ccccc21. The molecule has 0 aliphatic carbocycles. The lowest BCUT2D eigenvalue weighted by atomic mass is 10.2. The summed E-state index contributed by atoms with van der Waals surface area (Å²) in [7, 11) is 0. The van der Waals surface area contributed by atoms with Crippen molar-refractivity contribution in [2.45, 2.75) is 12.8 Å². The maximum Gasteiger partial charge on any atom is 0.304 e. The van der Waals surface area contributed by atoms with Gasteiger partial charge in [-0.3, -0.25) is 9.59 Å². The summed E-state index contributed by atoms with van der Waals surface area (Å²) in [5.41, 5.74) is 2.21. The molecule has 1 aliphatic heterocycles. The van der Waals surface area contributed by atoms with Crippen LogP contribution in [0.2, 0.25) is 0 Å². The molecule has 96 valence electrons. The summed E-state index contributed by atoms with van der Waals surface area (Å²) < 4.78 is 0. The molecule has 1 aliphatic rings. The third-order valence-corrected chi connectivity index (χ3v) is 3.82. The molecular formula is C13H15NO3S. The average molecular weight is 265 g/mol. The summed E-state index contributed by atoms with van der Waals surface area (Å²) in [5, 5.41) is 8.51. The van der Waals surface area contributed by atoms with E-state index in [1.54, 1.807) is 4.90 Å². The summed E-state index contributed by atoms with van der Waals surface area (Å²) in [6.07, 6.45) is 1.01. The maximum atomic E-state index is 12.0. The zero-order valence-electron chi connectivity index (χ0n) is 9.96. The number of nitrogens with zero attached hydrogens (tertiary/aromatic N) is 1. The van der Waals surface area contributed by atoms with Crippen LogP contribution in [0.5, 0.6) is 0 Å². The smallest absolute Gasteiger partial charge is 0.304 e. The molecule has 18 heavy (non-hydrogen) atoms. The predicted octanol–water partition coefficient (Wildman–Crippen LogP) is 1.78. The molecule has 2 rings (SSSR count). The molecule has 0 radical (unpaired) electrons. The van der Waals surface area contributed by atoms with Crippen LogP contribution in [0.1, 0.15) is 12.0 Å². The highest BCUT2D eigenvalue weighted by atomic mass is 32.2. The third-order valence-electron chi connectivity index (χ3n) is 2.87. The van der Waals surface area contributed by atoms with E-state index in [2.05, 4.69) is 0 Å². The van der Waals surface area contributed by atoms with E-state index < -0.39 is 5.97 Å². The van der Waals surface area contributed by atoms with Crippen LogP contribution < -0.4 is 4.90 Å². The number of hydrogen-bond acceptors (Lipinski definition) is 3. The Balaban J connectivity index is 1.86. The zero-order valence-corrected chi connectivity index (χ0v) is 10.8. The van der Waals surface area contributed by atoms with Crippen molar-refractivity contribution in [3.63, 3.8) is 0 Å². The molecule has 1 aromatic rings. The van der Waals surface area contributed by atoms with E-state index in [1.165, 1.54) is 17.3 Å². The van der Waals surface area contributed by atoms with Crippen molar-refractivity contribution in [1.82, 2.24) is 0 Å². The van der Waals surface area contributed by atoms with Crippen LogP contribution in [0.3, 0.4) is 0 Å². The lowest BCUT2D eigenvalue weighted by Gasteiger charge is -2.16. The summed E-state index contributed by atoms with van der Waals surface area (Å²) >= 11 is 1.38. The van der Waals surface area contributed by atoms with E-state index in [9.17, 15) is 9.59 Å². The van der Waals surface area contributed by atoms with E-state index in [-0.39, 0.29) is 12.3 Å². The topological polar surface area (TPSA) is 57.6 Å². The second-order valence-electron chi connectivity index (χ2n) is 4.12. The van der Waals surface area contributed by atoms with Crippen LogP contribution in [-0.2, 0) is 16.0 Å². The Morgan fingerprint density at radius 3 is 2.89 bits per heavy atom. The van der Waals surface area contributed by atoms with Gasteiger partial charge in [-0.1, -0.05) is 18.2 Å². The van der Waals surface area contributed by atoms with Gasteiger partial charge < -0.3 is 10.0 Å². The Hall–Kier alpha value is -1.49. The number of fused-ring (bicyclic) bond motifs is 1. The van der Waals surface area contributed by atoms with Crippen molar-refractivity contribution in [1.29, 1.82) is 0 Å². The Bertz CT molecular complexity index is 461. The van der Waals surface area contributed by atoms with Gasteiger partial charge in [0, 0.05) is 18.0 Å². The molecule has 0 aromatic heterocycles. The van der Waals surface area contributed by atoms with Gasteiger partial charge in [-0.25, -0.2) is 0 Å². The molecule has 0 fully saturated rings. The van der Waals surface area contributed by atoms with E-state index in [4.69, 9.17) is 5.11 Å². The number of benzene rings is 1. The normalized spacial score (nSPS) is 13.4. The van der Waals surface area contributed by atoms with Crippen LogP contribution in [0.15, 0.2) is 24.3 Å². The second-order valence-corrected chi connectivity index (χ2v) is 5.23. The quantitative estimate of drug-likeness (QED) is 0.825. The number of carbonyl (C=O) groups is 2. The standard InChI is InChI=1S/C13H15NO3S/c15-12(9-18-8-6-13(16)17)14-7-5-10-3-1-2-4-11(10)14/h1-4H,5-9H2,(H,16,17). The van der Waals surface area contributed by atoms with Crippen LogP contribution in [-0.4, -0.2) is 35.0 Å². The van der Waals surface area contributed by atoms with E-state index >= 15 is 0 Å². The molecule has 0 unspecified atom stereocenters. The minimum atomic E-state index is -0.818. The largest absolute Gasteiger partial charge is 0.481 e. The van der Waals surface area contributed by atoms with Gasteiger partial charge in [0.15, 0.2) is 0 Å². The first-order valence-corrected chi connectivity index (χ1v) is 7.02. The molecule has 5 heteroatoms. The van der Waals surface area contributed by atoms with Gasteiger partial charge >= 0.3 is 5.97 Å². The van der Waals surface area contributed by atoms with Crippen molar-refractivity contribution >= 4 is 29.3 Å². The van der Waals surface area contributed by atoms with Crippen molar-refractivity contribution in [3.05, 3.63) is 29.8 Å². The molecule has 1 amide bonds. The Labute approximate surface area is 110 Å². The number of hydrogen-bond donors (Lipinski definition) is 1. The summed E-state index contributed by atoms with van der Waals surface area (Å²) in [5.74, 6) is 0.0786. The van der Waals surface area contributed by atoms with Gasteiger partial charge in [-0.15, -0.1) is 0 Å². The van der Waals surface area contributed by atoms with E-state index in [1.807, 2.05) is 24.3 Å². The van der Waals surface area contributed by atoms with Crippen molar-refractivity contribution in [3.8, 4) is 0 Å². The molecule has 0 saturated heterocycles. The molecule has 0 bridgehead atoms. The first-order chi connectivity index (χ1) is 8.68. The van der Waals surface area contributed by atoms with Crippen molar-refractivity contribution in [2.75, 3.05) is 23.0 Å². The minimum Gasteiger partial charge on any atom is -0.481 e. The highest BCUT2D eigenvalue weighted by molar-refractivity contribution is 7.99.